The average molecular weight is 307 g/mol. The zero-order chi connectivity index (χ0) is 15.4. The molecule has 0 aliphatic rings. The van der Waals surface area contributed by atoms with Gasteiger partial charge in [0.2, 0.25) is 5.23 Å². The van der Waals surface area contributed by atoms with Crippen LogP contribution in [-0.2, 0) is 17.5 Å². The summed E-state index contributed by atoms with van der Waals surface area (Å²) in [5.74, 6) is 0.630. The summed E-state index contributed by atoms with van der Waals surface area (Å²) in [6, 6.07) is 5.75. The number of tetrazole rings is 1. The van der Waals surface area contributed by atoms with Gasteiger partial charge in [0, 0.05) is 19.8 Å². The molecule has 0 saturated carbocycles. The monoisotopic (exact) mass is 307 g/mol. The van der Waals surface area contributed by atoms with Gasteiger partial charge < -0.3 is 4.74 Å². The van der Waals surface area contributed by atoms with Gasteiger partial charge in [-0.25, -0.2) is 9.79 Å². The Morgan fingerprint density at radius 2 is 2.19 bits per heavy atom. The summed E-state index contributed by atoms with van der Waals surface area (Å²) in [5, 5.41) is 8.25. The van der Waals surface area contributed by atoms with Crippen LogP contribution in [0.4, 0.5) is 0 Å². The lowest BCUT2D eigenvalue weighted by Gasteiger charge is -2.11. The van der Waals surface area contributed by atoms with Crippen LogP contribution >= 0.6 is 11.8 Å². The fourth-order valence-corrected chi connectivity index (χ4v) is 2.78. The summed E-state index contributed by atoms with van der Waals surface area (Å²) in [6.45, 7) is 2.00. The number of aliphatic imine (C=N–C) groups is 1. The van der Waals surface area contributed by atoms with Crippen molar-refractivity contribution < 1.29 is 4.74 Å². The molecule has 2 aromatic rings. The normalized spacial score (nSPS) is 11.7. The third kappa shape index (κ3) is 3.15. The maximum atomic E-state index is 12.0. The average Bonchev–Trinajstić information content (AvgIpc) is 2.81. The predicted octanol–water partition coefficient (Wildman–Crippen LogP) is 1.14. The van der Waals surface area contributed by atoms with Crippen molar-refractivity contribution in [3.63, 3.8) is 0 Å². The number of ether oxygens (including phenoxy) is 1. The quantitative estimate of drug-likeness (QED) is 0.628. The SMILES string of the molecule is CN=C(OC)SCc1c(C)cccc1-n1nnn(C)c1=O. The van der Waals surface area contributed by atoms with Gasteiger partial charge in [-0.05, 0) is 34.5 Å². The lowest BCUT2D eigenvalue weighted by molar-refractivity contribution is 0.415. The Morgan fingerprint density at radius 3 is 2.76 bits per heavy atom. The fraction of sp³-hybridized carbons (Fsp3) is 0.385. The topological polar surface area (TPSA) is 74.3 Å². The number of benzene rings is 1. The first kappa shape index (κ1) is 15.3. The van der Waals surface area contributed by atoms with Crippen LogP contribution in [0.2, 0.25) is 0 Å². The van der Waals surface area contributed by atoms with Crippen molar-refractivity contribution in [1.29, 1.82) is 0 Å². The van der Waals surface area contributed by atoms with E-state index in [1.807, 2.05) is 25.1 Å². The third-order valence-corrected chi connectivity index (χ3v) is 4.06. The molecular weight excluding hydrogens is 290 g/mol. The number of rotatable bonds is 3. The molecule has 0 aliphatic heterocycles. The van der Waals surface area contributed by atoms with Crippen molar-refractivity contribution >= 4 is 17.0 Å². The highest BCUT2D eigenvalue weighted by atomic mass is 32.2. The van der Waals surface area contributed by atoms with E-state index in [-0.39, 0.29) is 5.69 Å². The van der Waals surface area contributed by atoms with Gasteiger partial charge in [-0.15, -0.1) is 0 Å². The highest BCUT2D eigenvalue weighted by molar-refractivity contribution is 8.12. The van der Waals surface area contributed by atoms with E-state index in [1.165, 1.54) is 21.1 Å². The van der Waals surface area contributed by atoms with Gasteiger partial charge in [-0.3, -0.25) is 0 Å². The van der Waals surface area contributed by atoms with Gasteiger partial charge in [0.05, 0.1) is 12.8 Å². The van der Waals surface area contributed by atoms with Crippen LogP contribution in [0.1, 0.15) is 11.1 Å². The minimum absolute atomic E-state index is 0.275. The van der Waals surface area contributed by atoms with Gasteiger partial charge in [0.1, 0.15) is 0 Å². The Balaban J connectivity index is 2.42. The Bertz CT molecular complexity index is 720. The molecule has 7 nitrogen and oxygen atoms in total. The Labute approximate surface area is 126 Å². The smallest absolute Gasteiger partial charge is 0.368 e. The molecule has 1 aromatic carbocycles. The van der Waals surface area contributed by atoms with E-state index in [1.54, 1.807) is 21.2 Å². The second kappa shape index (κ2) is 6.57. The molecule has 2 rings (SSSR count). The molecule has 0 unspecified atom stereocenters. The van der Waals surface area contributed by atoms with E-state index in [0.29, 0.717) is 11.0 Å². The number of aryl methyl sites for hydroxylation is 2. The van der Waals surface area contributed by atoms with E-state index in [0.717, 1.165) is 16.8 Å². The maximum absolute atomic E-state index is 12.0. The summed E-state index contributed by atoms with van der Waals surface area (Å²) in [5.41, 5.74) is 2.53. The molecule has 1 heterocycles. The molecule has 0 radical (unpaired) electrons. The fourth-order valence-electron chi connectivity index (χ4n) is 1.89. The number of aromatic nitrogens is 4. The number of methoxy groups -OCH3 is 1. The van der Waals surface area contributed by atoms with Gasteiger partial charge in [-0.1, -0.05) is 23.9 Å². The number of hydrogen-bond donors (Lipinski definition) is 0. The highest BCUT2D eigenvalue weighted by Gasteiger charge is 2.13. The Kier molecular flexibility index (Phi) is 4.79. The third-order valence-electron chi connectivity index (χ3n) is 3.03. The van der Waals surface area contributed by atoms with Crippen LogP contribution in [0, 0.1) is 6.92 Å². The molecule has 0 aliphatic carbocycles. The van der Waals surface area contributed by atoms with Crippen molar-refractivity contribution in [2.45, 2.75) is 12.7 Å². The van der Waals surface area contributed by atoms with Crippen LogP contribution in [0.15, 0.2) is 28.0 Å². The molecule has 0 fully saturated rings. The van der Waals surface area contributed by atoms with E-state index < -0.39 is 0 Å². The number of hydrogen-bond acceptors (Lipinski definition) is 6. The van der Waals surface area contributed by atoms with E-state index >= 15 is 0 Å². The van der Waals surface area contributed by atoms with E-state index in [4.69, 9.17) is 4.74 Å². The molecule has 0 bridgehead atoms. The first-order valence-electron chi connectivity index (χ1n) is 6.30. The van der Waals surface area contributed by atoms with Crippen molar-refractivity contribution in [2.24, 2.45) is 12.0 Å². The van der Waals surface area contributed by atoms with E-state index in [2.05, 4.69) is 15.4 Å². The van der Waals surface area contributed by atoms with E-state index in [9.17, 15) is 4.79 Å². The zero-order valence-corrected chi connectivity index (χ0v) is 13.2. The van der Waals surface area contributed by atoms with Crippen LogP contribution in [0.3, 0.4) is 0 Å². The second-order valence-electron chi connectivity index (χ2n) is 4.35. The van der Waals surface area contributed by atoms with Crippen LogP contribution in [0.5, 0.6) is 0 Å². The second-order valence-corrected chi connectivity index (χ2v) is 5.28. The lowest BCUT2D eigenvalue weighted by atomic mass is 10.1. The van der Waals surface area contributed by atoms with Crippen molar-refractivity contribution in [2.75, 3.05) is 14.2 Å². The molecular formula is C13H17N5O2S. The van der Waals surface area contributed by atoms with Crippen molar-refractivity contribution in [3.8, 4) is 5.69 Å². The van der Waals surface area contributed by atoms with Crippen molar-refractivity contribution in [3.05, 3.63) is 39.8 Å². The molecule has 0 atom stereocenters. The summed E-state index contributed by atoms with van der Waals surface area (Å²) >= 11 is 1.47. The Morgan fingerprint density at radius 1 is 1.43 bits per heavy atom. The summed E-state index contributed by atoms with van der Waals surface area (Å²) in [4.78, 5) is 16.1. The van der Waals surface area contributed by atoms with Crippen LogP contribution < -0.4 is 5.69 Å². The minimum Gasteiger partial charge on any atom is -0.476 e. The molecule has 112 valence electrons. The van der Waals surface area contributed by atoms with Crippen molar-refractivity contribution in [1.82, 2.24) is 19.8 Å². The standard InChI is InChI=1S/C13H17N5O2S/c1-9-6-5-7-11(18-13(19)17(3)15-16-18)10(9)8-21-12(14-2)20-4/h5-7H,8H2,1-4H3. The zero-order valence-electron chi connectivity index (χ0n) is 12.4. The largest absolute Gasteiger partial charge is 0.476 e. The molecule has 0 N–H and O–H groups in total. The maximum Gasteiger partial charge on any atom is 0.368 e. The lowest BCUT2D eigenvalue weighted by Crippen LogP contribution is -2.23. The van der Waals surface area contributed by atoms with Crippen LogP contribution in [-0.4, -0.2) is 39.2 Å². The number of thioether (sulfide) groups is 1. The summed E-state index contributed by atoms with van der Waals surface area (Å²) in [7, 11) is 4.84. The highest BCUT2D eigenvalue weighted by Crippen LogP contribution is 2.23. The summed E-state index contributed by atoms with van der Waals surface area (Å²) < 4.78 is 7.65. The predicted molar refractivity (Wildman–Crippen MR) is 83.0 cm³/mol. The summed E-state index contributed by atoms with van der Waals surface area (Å²) in [6.07, 6.45) is 0. The molecule has 21 heavy (non-hydrogen) atoms. The van der Waals surface area contributed by atoms with Gasteiger partial charge >= 0.3 is 5.69 Å². The van der Waals surface area contributed by atoms with Gasteiger partial charge in [0.25, 0.3) is 0 Å². The molecule has 0 saturated heterocycles. The molecule has 8 heteroatoms. The molecule has 0 amide bonds. The van der Waals surface area contributed by atoms with Gasteiger partial charge in [0.15, 0.2) is 0 Å². The first-order valence-corrected chi connectivity index (χ1v) is 7.28. The molecule has 1 aromatic heterocycles. The van der Waals surface area contributed by atoms with Crippen LogP contribution in [0.25, 0.3) is 5.69 Å². The minimum atomic E-state index is -0.275. The Hall–Kier alpha value is -2.09. The number of nitrogens with zero attached hydrogens (tertiary/aromatic N) is 5. The molecule has 0 spiro atoms. The van der Waals surface area contributed by atoms with Gasteiger partial charge in [-0.2, -0.15) is 9.36 Å². The first-order chi connectivity index (χ1) is 10.1.